The summed E-state index contributed by atoms with van der Waals surface area (Å²) in [7, 11) is 0. The van der Waals surface area contributed by atoms with Crippen LogP contribution in [0.15, 0.2) is 24.3 Å². The van der Waals surface area contributed by atoms with Gasteiger partial charge in [0.25, 0.3) is 0 Å². The molecule has 2 rings (SSSR count). The van der Waals surface area contributed by atoms with Crippen LogP contribution in [0.4, 0.5) is 5.69 Å². The summed E-state index contributed by atoms with van der Waals surface area (Å²) in [5.74, 6) is -0.153. The summed E-state index contributed by atoms with van der Waals surface area (Å²) in [6.45, 7) is 14.0. The molecule has 1 heterocycles. The standard InChI is InChI=1S/C19H31N3O2/c1-18(2,3)24-17(23)13-22-10-9-21(14-19(22,4)5)12-15-7-6-8-16(20)11-15/h6-8,11H,9-10,12-14,20H2,1-5H3. The molecule has 0 amide bonds. The predicted molar refractivity (Wildman–Crippen MR) is 97.6 cm³/mol. The molecule has 1 saturated heterocycles. The molecule has 1 aliphatic heterocycles. The van der Waals surface area contributed by atoms with Crippen LogP contribution < -0.4 is 5.73 Å². The molecule has 2 N–H and O–H groups in total. The Hall–Kier alpha value is -1.59. The van der Waals surface area contributed by atoms with E-state index in [1.54, 1.807) is 0 Å². The molecule has 0 bridgehead atoms. The fourth-order valence-electron chi connectivity index (χ4n) is 3.20. The first-order valence-corrected chi connectivity index (χ1v) is 8.59. The smallest absolute Gasteiger partial charge is 0.320 e. The van der Waals surface area contributed by atoms with Crippen LogP contribution in [-0.4, -0.2) is 53.1 Å². The molecule has 134 valence electrons. The minimum absolute atomic E-state index is 0.0739. The van der Waals surface area contributed by atoms with Gasteiger partial charge in [-0.2, -0.15) is 0 Å². The number of nitrogens with two attached hydrogens (primary N) is 1. The van der Waals surface area contributed by atoms with Crippen molar-refractivity contribution in [2.75, 3.05) is 31.9 Å². The van der Waals surface area contributed by atoms with Gasteiger partial charge in [0.2, 0.25) is 0 Å². The van der Waals surface area contributed by atoms with Gasteiger partial charge in [0.1, 0.15) is 5.60 Å². The van der Waals surface area contributed by atoms with E-state index >= 15 is 0 Å². The van der Waals surface area contributed by atoms with Gasteiger partial charge in [-0.1, -0.05) is 12.1 Å². The van der Waals surface area contributed by atoms with Crippen LogP contribution in [0, 0.1) is 0 Å². The van der Waals surface area contributed by atoms with Crippen LogP contribution in [0.2, 0.25) is 0 Å². The Balaban J connectivity index is 1.93. The lowest BCUT2D eigenvalue weighted by molar-refractivity contribution is -0.158. The van der Waals surface area contributed by atoms with E-state index in [4.69, 9.17) is 10.5 Å². The highest BCUT2D eigenvalue weighted by atomic mass is 16.6. The Labute approximate surface area is 145 Å². The molecule has 5 nitrogen and oxygen atoms in total. The molecule has 0 unspecified atom stereocenters. The number of benzene rings is 1. The topological polar surface area (TPSA) is 58.8 Å². The Kier molecular flexibility index (Phi) is 5.56. The first kappa shape index (κ1) is 18.7. The van der Waals surface area contributed by atoms with Crippen molar-refractivity contribution >= 4 is 11.7 Å². The van der Waals surface area contributed by atoms with E-state index in [0.717, 1.165) is 31.9 Å². The van der Waals surface area contributed by atoms with Gasteiger partial charge in [-0.3, -0.25) is 14.6 Å². The van der Waals surface area contributed by atoms with Crippen LogP contribution >= 0.6 is 0 Å². The first-order valence-electron chi connectivity index (χ1n) is 8.59. The molecule has 0 radical (unpaired) electrons. The highest BCUT2D eigenvalue weighted by molar-refractivity contribution is 5.72. The molecular formula is C19H31N3O2. The number of ether oxygens (including phenoxy) is 1. The highest BCUT2D eigenvalue weighted by Gasteiger charge is 2.35. The number of rotatable bonds is 4. The number of hydrogen-bond acceptors (Lipinski definition) is 5. The normalized spacial score (nSPS) is 19.2. The number of nitrogens with zero attached hydrogens (tertiary/aromatic N) is 2. The van der Waals surface area contributed by atoms with E-state index in [1.165, 1.54) is 5.56 Å². The molecule has 0 atom stereocenters. The van der Waals surface area contributed by atoms with E-state index in [0.29, 0.717) is 6.54 Å². The van der Waals surface area contributed by atoms with Gasteiger partial charge in [0.15, 0.2) is 0 Å². The zero-order chi connectivity index (χ0) is 18.0. The SMILES string of the molecule is CC(C)(C)OC(=O)CN1CCN(Cc2cccc(N)c2)CC1(C)C. The molecule has 0 spiro atoms. The fourth-order valence-corrected chi connectivity index (χ4v) is 3.20. The van der Waals surface area contributed by atoms with E-state index in [9.17, 15) is 4.79 Å². The van der Waals surface area contributed by atoms with Gasteiger partial charge >= 0.3 is 5.97 Å². The van der Waals surface area contributed by atoms with Crippen molar-refractivity contribution in [2.24, 2.45) is 0 Å². The monoisotopic (exact) mass is 333 g/mol. The first-order chi connectivity index (χ1) is 11.0. The van der Waals surface area contributed by atoms with Gasteiger partial charge in [0.05, 0.1) is 6.54 Å². The summed E-state index contributed by atoms with van der Waals surface area (Å²) >= 11 is 0. The molecule has 0 saturated carbocycles. The van der Waals surface area contributed by atoms with Gasteiger partial charge < -0.3 is 10.5 Å². The number of hydrogen-bond donors (Lipinski definition) is 1. The second kappa shape index (κ2) is 7.11. The minimum atomic E-state index is -0.434. The number of esters is 1. The fraction of sp³-hybridized carbons (Fsp3) is 0.632. The second-order valence-electron chi connectivity index (χ2n) is 8.28. The van der Waals surface area contributed by atoms with Crippen molar-refractivity contribution in [1.82, 2.24) is 9.80 Å². The van der Waals surface area contributed by atoms with E-state index < -0.39 is 5.60 Å². The molecule has 5 heteroatoms. The number of piperazine rings is 1. The van der Waals surface area contributed by atoms with E-state index in [1.807, 2.05) is 39.0 Å². The second-order valence-corrected chi connectivity index (χ2v) is 8.28. The van der Waals surface area contributed by atoms with Gasteiger partial charge in [-0.05, 0) is 52.3 Å². The molecule has 1 aliphatic rings. The van der Waals surface area contributed by atoms with Gasteiger partial charge in [-0.15, -0.1) is 0 Å². The van der Waals surface area contributed by atoms with E-state index in [-0.39, 0.29) is 11.5 Å². The van der Waals surface area contributed by atoms with Crippen LogP contribution in [0.3, 0.4) is 0 Å². The summed E-state index contributed by atoms with van der Waals surface area (Å²) in [5, 5.41) is 0. The van der Waals surface area contributed by atoms with Crippen molar-refractivity contribution in [3.63, 3.8) is 0 Å². The number of anilines is 1. The molecule has 1 fully saturated rings. The number of carbonyl (C=O) groups excluding carboxylic acids is 1. The summed E-state index contributed by atoms with van der Waals surface area (Å²) in [6.07, 6.45) is 0. The summed E-state index contributed by atoms with van der Waals surface area (Å²) < 4.78 is 5.46. The van der Waals surface area contributed by atoms with Crippen molar-refractivity contribution in [3.8, 4) is 0 Å². The minimum Gasteiger partial charge on any atom is -0.459 e. The largest absolute Gasteiger partial charge is 0.459 e. The lowest BCUT2D eigenvalue weighted by atomic mass is 9.98. The molecular weight excluding hydrogens is 302 g/mol. The molecule has 0 aromatic heterocycles. The Morgan fingerprint density at radius 1 is 1.29 bits per heavy atom. The van der Waals surface area contributed by atoms with Crippen molar-refractivity contribution in [1.29, 1.82) is 0 Å². The van der Waals surface area contributed by atoms with Crippen molar-refractivity contribution < 1.29 is 9.53 Å². The summed E-state index contributed by atoms with van der Waals surface area (Å²) in [6, 6.07) is 8.04. The Morgan fingerprint density at radius 2 is 2.00 bits per heavy atom. The quantitative estimate of drug-likeness (QED) is 0.678. The third kappa shape index (κ3) is 5.49. The number of carbonyl (C=O) groups is 1. The maximum atomic E-state index is 12.1. The van der Waals surface area contributed by atoms with Crippen molar-refractivity contribution in [2.45, 2.75) is 52.3 Å². The average Bonchev–Trinajstić information content (AvgIpc) is 2.39. The molecule has 1 aromatic carbocycles. The third-order valence-corrected chi connectivity index (χ3v) is 4.25. The van der Waals surface area contributed by atoms with Crippen LogP contribution in [-0.2, 0) is 16.1 Å². The highest BCUT2D eigenvalue weighted by Crippen LogP contribution is 2.23. The third-order valence-electron chi connectivity index (χ3n) is 4.25. The summed E-state index contributed by atoms with van der Waals surface area (Å²) in [4.78, 5) is 16.8. The van der Waals surface area contributed by atoms with Crippen LogP contribution in [0.25, 0.3) is 0 Å². The zero-order valence-corrected chi connectivity index (χ0v) is 15.6. The number of nitrogen functional groups attached to an aromatic ring is 1. The molecule has 1 aromatic rings. The average molecular weight is 333 g/mol. The van der Waals surface area contributed by atoms with Gasteiger partial charge in [-0.25, -0.2) is 0 Å². The molecule has 24 heavy (non-hydrogen) atoms. The lowest BCUT2D eigenvalue weighted by Crippen LogP contribution is -2.60. The predicted octanol–water partition coefficient (Wildman–Crippen LogP) is 2.51. The Morgan fingerprint density at radius 3 is 2.58 bits per heavy atom. The van der Waals surface area contributed by atoms with Gasteiger partial charge in [0, 0.05) is 37.4 Å². The van der Waals surface area contributed by atoms with Crippen molar-refractivity contribution in [3.05, 3.63) is 29.8 Å². The molecule has 0 aliphatic carbocycles. The van der Waals surface area contributed by atoms with E-state index in [2.05, 4.69) is 29.7 Å². The maximum absolute atomic E-state index is 12.1. The maximum Gasteiger partial charge on any atom is 0.320 e. The zero-order valence-electron chi connectivity index (χ0n) is 15.6. The lowest BCUT2D eigenvalue weighted by Gasteiger charge is -2.47. The Bertz CT molecular complexity index is 578. The van der Waals surface area contributed by atoms with Crippen LogP contribution in [0.5, 0.6) is 0 Å². The summed E-state index contributed by atoms with van der Waals surface area (Å²) in [5.41, 5.74) is 7.39. The van der Waals surface area contributed by atoms with Crippen LogP contribution in [0.1, 0.15) is 40.2 Å².